The van der Waals surface area contributed by atoms with Gasteiger partial charge in [0.15, 0.2) is 5.78 Å². The minimum atomic E-state index is 0.0872. The number of piperidine rings is 1. The zero-order valence-corrected chi connectivity index (χ0v) is 16.7. The Labute approximate surface area is 166 Å². The van der Waals surface area contributed by atoms with Gasteiger partial charge in [0.2, 0.25) is 0 Å². The van der Waals surface area contributed by atoms with Gasteiger partial charge in [-0.25, -0.2) is 0 Å². The molecule has 1 aliphatic carbocycles. The Hall–Kier alpha value is -2.46. The van der Waals surface area contributed by atoms with Gasteiger partial charge >= 0.3 is 0 Å². The van der Waals surface area contributed by atoms with Crippen molar-refractivity contribution in [3.8, 4) is 0 Å². The van der Waals surface area contributed by atoms with E-state index in [1.54, 1.807) is 0 Å². The topological polar surface area (TPSA) is 38.1 Å². The number of Topliss-reactive ketones (excluding diaryl/α,β-unsaturated/α-hetero) is 1. The van der Waals surface area contributed by atoms with Gasteiger partial charge in [-0.05, 0) is 61.1 Å². The van der Waals surface area contributed by atoms with Crippen LogP contribution in [-0.4, -0.2) is 33.6 Å². The van der Waals surface area contributed by atoms with E-state index in [-0.39, 0.29) is 5.92 Å². The number of hydrogen-bond donors (Lipinski definition) is 0. The Morgan fingerprint density at radius 2 is 2.00 bits per heavy atom. The van der Waals surface area contributed by atoms with E-state index in [0.717, 1.165) is 56.3 Å². The molecule has 2 heterocycles. The van der Waals surface area contributed by atoms with Crippen LogP contribution in [0.15, 0.2) is 36.5 Å². The summed E-state index contributed by atoms with van der Waals surface area (Å²) < 4.78 is 1.93. The number of carbonyl (C=O) groups excluding carboxylic acids is 1. The standard InChI is InChI=1S/C24H27N3O/c1-16-20(13-25-26(16)2)15-27-12-4-6-19(14-27)24(28)22-11-10-18-9-8-17-5-3-7-21(22)23(17)18/h3,5,7,10-11,13,19H,4,6,8-9,12,14-15H2,1-2H3/t19-/m0/s1. The van der Waals surface area contributed by atoms with E-state index in [2.05, 4.69) is 47.3 Å². The first-order valence-electron chi connectivity index (χ1n) is 10.4. The summed E-state index contributed by atoms with van der Waals surface area (Å²) in [5.41, 5.74) is 6.20. The Balaban J connectivity index is 1.40. The van der Waals surface area contributed by atoms with Gasteiger partial charge in [0.25, 0.3) is 0 Å². The van der Waals surface area contributed by atoms with Crippen LogP contribution in [0.1, 0.15) is 45.6 Å². The molecule has 0 N–H and O–H groups in total. The maximum Gasteiger partial charge on any atom is 0.167 e. The molecular formula is C24H27N3O. The highest BCUT2D eigenvalue weighted by Gasteiger charge is 2.29. The summed E-state index contributed by atoms with van der Waals surface area (Å²) in [6, 6.07) is 10.7. The van der Waals surface area contributed by atoms with Crippen LogP contribution in [-0.2, 0) is 26.4 Å². The lowest BCUT2D eigenvalue weighted by Crippen LogP contribution is -2.38. The lowest BCUT2D eigenvalue weighted by molar-refractivity contribution is 0.0813. The fourth-order valence-electron chi connectivity index (χ4n) is 5.04. The maximum absolute atomic E-state index is 13.5. The van der Waals surface area contributed by atoms with E-state index in [4.69, 9.17) is 0 Å². The number of carbonyl (C=O) groups is 1. The fourth-order valence-corrected chi connectivity index (χ4v) is 5.04. The minimum absolute atomic E-state index is 0.0872. The Morgan fingerprint density at radius 1 is 1.18 bits per heavy atom. The number of aromatic nitrogens is 2. The van der Waals surface area contributed by atoms with Crippen molar-refractivity contribution >= 4 is 16.6 Å². The van der Waals surface area contributed by atoms with Crippen molar-refractivity contribution < 1.29 is 4.79 Å². The highest BCUT2D eigenvalue weighted by atomic mass is 16.1. The molecule has 0 spiro atoms. The molecule has 0 radical (unpaired) electrons. The molecule has 4 nitrogen and oxygen atoms in total. The Kier molecular flexibility index (Phi) is 4.31. The van der Waals surface area contributed by atoms with Gasteiger partial charge in [0.05, 0.1) is 6.20 Å². The zero-order chi connectivity index (χ0) is 19.3. The van der Waals surface area contributed by atoms with E-state index >= 15 is 0 Å². The predicted octanol–water partition coefficient (Wildman–Crippen LogP) is 4.08. The molecule has 1 aromatic heterocycles. The highest BCUT2D eigenvalue weighted by molar-refractivity contribution is 6.11. The molecule has 1 aliphatic heterocycles. The van der Waals surface area contributed by atoms with Crippen molar-refractivity contribution in [2.75, 3.05) is 13.1 Å². The van der Waals surface area contributed by atoms with Crippen molar-refractivity contribution in [1.29, 1.82) is 0 Å². The van der Waals surface area contributed by atoms with Crippen LogP contribution in [0.4, 0.5) is 0 Å². The summed E-state index contributed by atoms with van der Waals surface area (Å²) in [5.74, 6) is 0.410. The second kappa shape index (κ2) is 6.85. The van der Waals surface area contributed by atoms with E-state index in [1.165, 1.54) is 27.8 Å². The molecule has 0 bridgehead atoms. The molecule has 0 amide bonds. The predicted molar refractivity (Wildman–Crippen MR) is 112 cm³/mol. The number of likely N-dealkylation sites (tertiary alicyclic amines) is 1. The van der Waals surface area contributed by atoms with Crippen LogP contribution in [0, 0.1) is 12.8 Å². The summed E-state index contributed by atoms with van der Waals surface area (Å²) in [6.07, 6.45) is 6.24. The van der Waals surface area contributed by atoms with Gasteiger partial charge in [-0.1, -0.05) is 30.3 Å². The molecule has 0 saturated carbocycles. The summed E-state index contributed by atoms with van der Waals surface area (Å²) in [5, 5.41) is 6.87. The molecule has 28 heavy (non-hydrogen) atoms. The van der Waals surface area contributed by atoms with Crippen molar-refractivity contribution in [2.45, 2.75) is 39.2 Å². The molecule has 4 heteroatoms. The number of aryl methyl sites for hydroxylation is 3. The van der Waals surface area contributed by atoms with Crippen molar-refractivity contribution in [3.05, 3.63) is 64.5 Å². The third kappa shape index (κ3) is 2.87. The fraction of sp³-hybridized carbons (Fsp3) is 0.417. The average Bonchev–Trinajstić information content (AvgIpc) is 3.28. The van der Waals surface area contributed by atoms with E-state index < -0.39 is 0 Å². The first-order chi connectivity index (χ1) is 13.6. The summed E-state index contributed by atoms with van der Waals surface area (Å²) in [6.45, 7) is 4.90. The van der Waals surface area contributed by atoms with Crippen molar-refractivity contribution in [3.63, 3.8) is 0 Å². The molecule has 1 fully saturated rings. The molecule has 2 aromatic carbocycles. The molecular weight excluding hydrogens is 346 g/mol. The van der Waals surface area contributed by atoms with Crippen LogP contribution in [0.5, 0.6) is 0 Å². The molecule has 2 aliphatic rings. The van der Waals surface area contributed by atoms with E-state index in [1.807, 2.05) is 17.9 Å². The largest absolute Gasteiger partial charge is 0.298 e. The van der Waals surface area contributed by atoms with Crippen LogP contribution in [0.2, 0.25) is 0 Å². The van der Waals surface area contributed by atoms with Gasteiger partial charge in [0, 0.05) is 42.9 Å². The number of nitrogens with zero attached hydrogens (tertiary/aromatic N) is 3. The second-order valence-electron chi connectivity index (χ2n) is 8.43. The normalized spacial score (nSPS) is 19.4. The van der Waals surface area contributed by atoms with E-state index in [9.17, 15) is 4.79 Å². The van der Waals surface area contributed by atoms with Crippen LogP contribution >= 0.6 is 0 Å². The number of hydrogen-bond acceptors (Lipinski definition) is 3. The zero-order valence-electron chi connectivity index (χ0n) is 16.7. The maximum atomic E-state index is 13.5. The summed E-state index contributed by atoms with van der Waals surface area (Å²) >= 11 is 0. The first-order valence-corrected chi connectivity index (χ1v) is 10.4. The smallest absolute Gasteiger partial charge is 0.167 e. The van der Waals surface area contributed by atoms with E-state index in [0.29, 0.717) is 5.78 Å². The molecule has 1 saturated heterocycles. The van der Waals surface area contributed by atoms with Gasteiger partial charge in [0.1, 0.15) is 0 Å². The quantitative estimate of drug-likeness (QED) is 0.647. The first kappa shape index (κ1) is 17.6. The van der Waals surface area contributed by atoms with Gasteiger partial charge in [-0.15, -0.1) is 0 Å². The Morgan fingerprint density at radius 3 is 2.79 bits per heavy atom. The number of rotatable bonds is 4. The molecule has 144 valence electrons. The van der Waals surface area contributed by atoms with Gasteiger partial charge < -0.3 is 0 Å². The lowest BCUT2D eigenvalue weighted by atomic mass is 9.87. The monoisotopic (exact) mass is 373 g/mol. The van der Waals surface area contributed by atoms with Crippen LogP contribution in [0.3, 0.4) is 0 Å². The summed E-state index contributed by atoms with van der Waals surface area (Å²) in [7, 11) is 1.98. The number of ketones is 1. The highest BCUT2D eigenvalue weighted by Crippen LogP contribution is 2.34. The molecule has 0 unspecified atom stereocenters. The van der Waals surface area contributed by atoms with Crippen molar-refractivity contribution in [1.82, 2.24) is 14.7 Å². The lowest BCUT2D eigenvalue weighted by Gasteiger charge is -2.32. The van der Waals surface area contributed by atoms with Crippen LogP contribution < -0.4 is 0 Å². The average molecular weight is 374 g/mol. The van der Waals surface area contributed by atoms with Gasteiger partial charge in [-0.3, -0.25) is 14.4 Å². The molecule has 5 rings (SSSR count). The third-order valence-corrected chi connectivity index (χ3v) is 6.75. The second-order valence-corrected chi connectivity index (χ2v) is 8.43. The molecule has 3 aromatic rings. The summed E-state index contributed by atoms with van der Waals surface area (Å²) in [4.78, 5) is 15.9. The van der Waals surface area contributed by atoms with Crippen molar-refractivity contribution in [2.24, 2.45) is 13.0 Å². The number of benzene rings is 2. The minimum Gasteiger partial charge on any atom is -0.298 e. The third-order valence-electron chi connectivity index (χ3n) is 6.75. The van der Waals surface area contributed by atoms with Crippen LogP contribution in [0.25, 0.3) is 10.8 Å². The SMILES string of the molecule is Cc1c(CN2CCC[C@H](C(=O)c3ccc4c5c(cccc35)CC4)C2)cnn1C. The Bertz CT molecular complexity index is 1050. The van der Waals surface area contributed by atoms with Gasteiger partial charge in [-0.2, -0.15) is 5.10 Å². The molecule has 1 atom stereocenters.